The molecule has 0 saturated heterocycles. The second-order valence-corrected chi connectivity index (χ2v) is 5.91. The molecule has 1 aromatic heterocycles. The highest BCUT2D eigenvalue weighted by Crippen LogP contribution is 2.25. The number of anilines is 1. The van der Waals surface area contributed by atoms with Crippen LogP contribution in [0.5, 0.6) is 0 Å². The molecule has 1 atom stereocenters. The smallest absolute Gasteiger partial charge is 0.248 e. The fraction of sp³-hybridized carbons (Fsp3) is 0.667. The van der Waals surface area contributed by atoms with Gasteiger partial charge < -0.3 is 10.8 Å². The Labute approximate surface area is 101 Å². The van der Waals surface area contributed by atoms with Gasteiger partial charge in [-0.15, -0.1) is 0 Å². The molecule has 8 heteroatoms. The molecular weight excluding hydrogens is 244 g/mol. The molecule has 0 saturated carbocycles. The molecule has 1 rings (SSSR count). The quantitative estimate of drug-likeness (QED) is 0.748. The molecule has 1 aromatic rings. The van der Waals surface area contributed by atoms with E-state index < -0.39 is 16.1 Å². The van der Waals surface area contributed by atoms with Crippen LogP contribution in [-0.2, 0) is 17.1 Å². The van der Waals surface area contributed by atoms with Crippen molar-refractivity contribution in [1.29, 1.82) is 0 Å². The summed E-state index contributed by atoms with van der Waals surface area (Å²) in [5.41, 5.74) is 6.08. The van der Waals surface area contributed by atoms with E-state index in [9.17, 15) is 8.42 Å². The van der Waals surface area contributed by atoms with Crippen molar-refractivity contribution in [3.05, 3.63) is 5.69 Å². The fourth-order valence-corrected chi connectivity index (χ4v) is 3.07. The molecule has 98 valence electrons. The van der Waals surface area contributed by atoms with Gasteiger partial charge in [0.25, 0.3) is 0 Å². The second-order valence-electron chi connectivity index (χ2n) is 3.98. The largest absolute Gasteiger partial charge is 0.395 e. The summed E-state index contributed by atoms with van der Waals surface area (Å²) < 4.78 is 27.0. The predicted molar refractivity (Wildman–Crippen MR) is 63.9 cm³/mol. The molecule has 3 N–H and O–H groups in total. The average molecular weight is 262 g/mol. The minimum Gasteiger partial charge on any atom is -0.395 e. The third-order valence-electron chi connectivity index (χ3n) is 2.83. The summed E-state index contributed by atoms with van der Waals surface area (Å²) in [5.74, 6) is -0.0259. The highest BCUT2D eigenvalue weighted by Gasteiger charge is 2.31. The van der Waals surface area contributed by atoms with Crippen LogP contribution in [0.4, 0.5) is 5.82 Å². The summed E-state index contributed by atoms with van der Waals surface area (Å²) in [4.78, 5) is 0.00259. The summed E-state index contributed by atoms with van der Waals surface area (Å²) in [6, 6.07) is -0.515. The zero-order chi connectivity index (χ0) is 13.4. The number of aryl methyl sites for hydroxylation is 1. The Kier molecular flexibility index (Phi) is 3.80. The van der Waals surface area contributed by atoms with Gasteiger partial charge >= 0.3 is 0 Å². The van der Waals surface area contributed by atoms with Crippen molar-refractivity contribution in [1.82, 2.24) is 14.1 Å². The first-order valence-corrected chi connectivity index (χ1v) is 6.55. The molecule has 7 nitrogen and oxygen atoms in total. The number of likely N-dealkylation sites (N-methyl/N-ethyl adjacent to an activating group) is 1. The molecule has 1 unspecified atom stereocenters. The number of hydrogen-bond acceptors (Lipinski definition) is 5. The number of aliphatic hydroxyl groups excluding tert-OH is 1. The molecule has 0 fully saturated rings. The number of nitrogen functional groups attached to an aromatic ring is 1. The van der Waals surface area contributed by atoms with E-state index in [1.54, 1.807) is 20.9 Å². The lowest BCUT2D eigenvalue weighted by atomic mass is 10.4. The van der Waals surface area contributed by atoms with E-state index in [1.807, 2.05) is 0 Å². The van der Waals surface area contributed by atoms with E-state index in [4.69, 9.17) is 10.8 Å². The van der Waals surface area contributed by atoms with E-state index in [2.05, 4.69) is 5.10 Å². The zero-order valence-electron chi connectivity index (χ0n) is 10.4. The number of aliphatic hydroxyl groups is 1. The third-order valence-corrected chi connectivity index (χ3v) is 4.97. The molecule has 0 aliphatic rings. The summed E-state index contributed by atoms with van der Waals surface area (Å²) in [6.07, 6.45) is 0. The lowest BCUT2D eigenvalue weighted by Gasteiger charge is -2.22. The third kappa shape index (κ3) is 2.28. The Morgan fingerprint density at radius 2 is 2.12 bits per heavy atom. The standard InChI is InChI=1S/C9H18N4O3S/c1-6(5-14)13(4)17(15,16)8-7(2)12(3)11-9(8)10/h6,14H,5H2,1-4H3,(H2,10,11). The highest BCUT2D eigenvalue weighted by atomic mass is 32.2. The fourth-order valence-electron chi connectivity index (χ4n) is 1.43. The highest BCUT2D eigenvalue weighted by molar-refractivity contribution is 7.89. The van der Waals surface area contributed by atoms with Gasteiger partial charge in [0.1, 0.15) is 4.90 Å². The number of nitrogens with two attached hydrogens (primary N) is 1. The maximum atomic E-state index is 12.3. The zero-order valence-corrected chi connectivity index (χ0v) is 11.2. The Bertz CT molecular complexity index is 509. The second kappa shape index (κ2) is 4.63. The van der Waals surface area contributed by atoms with E-state index >= 15 is 0 Å². The van der Waals surface area contributed by atoms with Gasteiger partial charge in [-0.3, -0.25) is 4.68 Å². The minimum absolute atomic E-state index is 0.00259. The first kappa shape index (κ1) is 13.9. The van der Waals surface area contributed by atoms with Gasteiger partial charge in [0.15, 0.2) is 5.82 Å². The molecule has 0 aliphatic carbocycles. The summed E-state index contributed by atoms with van der Waals surface area (Å²) in [5, 5.41) is 12.9. The Hall–Kier alpha value is -1.12. The molecule has 0 aliphatic heterocycles. The normalized spacial score (nSPS) is 14.2. The van der Waals surface area contributed by atoms with E-state index in [-0.39, 0.29) is 17.3 Å². The maximum Gasteiger partial charge on any atom is 0.248 e. The number of sulfonamides is 1. The number of hydrogen-bond donors (Lipinski definition) is 2. The van der Waals surface area contributed by atoms with Gasteiger partial charge in [-0.1, -0.05) is 0 Å². The van der Waals surface area contributed by atoms with Crippen LogP contribution >= 0.6 is 0 Å². The number of nitrogens with zero attached hydrogens (tertiary/aromatic N) is 3. The Balaban J connectivity index is 3.32. The van der Waals surface area contributed by atoms with E-state index in [0.717, 1.165) is 4.31 Å². The first-order chi connectivity index (χ1) is 7.73. The summed E-state index contributed by atoms with van der Waals surface area (Å²) >= 11 is 0. The van der Waals surface area contributed by atoms with Gasteiger partial charge in [-0.2, -0.15) is 9.40 Å². The lowest BCUT2D eigenvalue weighted by Crippen LogP contribution is -2.37. The van der Waals surface area contributed by atoms with Gasteiger partial charge in [0.05, 0.1) is 12.3 Å². The molecular formula is C9H18N4O3S. The van der Waals surface area contributed by atoms with Gasteiger partial charge in [-0.05, 0) is 13.8 Å². The van der Waals surface area contributed by atoms with Crippen LogP contribution in [0.3, 0.4) is 0 Å². The van der Waals surface area contributed by atoms with Gasteiger partial charge in [0.2, 0.25) is 10.0 Å². The van der Waals surface area contributed by atoms with Crippen molar-refractivity contribution in [3.63, 3.8) is 0 Å². The molecule has 1 heterocycles. The van der Waals surface area contributed by atoms with E-state index in [0.29, 0.717) is 5.69 Å². The number of aromatic nitrogens is 2. The topological polar surface area (TPSA) is 101 Å². The molecule has 0 amide bonds. The van der Waals surface area contributed by atoms with Crippen LogP contribution < -0.4 is 5.73 Å². The molecule has 0 bridgehead atoms. The van der Waals surface area contributed by atoms with Crippen molar-refractivity contribution in [2.75, 3.05) is 19.4 Å². The van der Waals surface area contributed by atoms with E-state index in [1.165, 1.54) is 11.7 Å². The summed E-state index contributed by atoms with van der Waals surface area (Å²) in [7, 11) is -0.696. The molecule has 0 radical (unpaired) electrons. The summed E-state index contributed by atoms with van der Waals surface area (Å²) in [6.45, 7) is 2.99. The van der Waals surface area contributed by atoms with Crippen LogP contribution in [0.2, 0.25) is 0 Å². The molecule has 17 heavy (non-hydrogen) atoms. The Morgan fingerprint density at radius 3 is 2.47 bits per heavy atom. The van der Waals surface area contributed by atoms with Crippen molar-refractivity contribution >= 4 is 15.8 Å². The lowest BCUT2D eigenvalue weighted by molar-refractivity contribution is 0.214. The van der Waals surface area contributed by atoms with Crippen LogP contribution in [-0.4, -0.2) is 47.3 Å². The van der Waals surface area contributed by atoms with Gasteiger partial charge in [0, 0.05) is 20.1 Å². The van der Waals surface area contributed by atoms with Crippen molar-refractivity contribution in [3.8, 4) is 0 Å². The van der Waals surface area contributed by atoms with Crippen LogP contribution in [0.25, 0.3) is 0 Å². The first-order valence-electron chi connectivity index (χ1n) is 5.11. The maximum absolute atomic E-state index is 12.3. The predicted octanol–water partition coefficient (Wildman–Crippen LogP) is -0.688. The van der Waals surface area contributed by atoms with Crippen LogP contribution in [0, 0.1) is 6.92 Å². The van der Waals surface area contributed by atoms with Crippen molar-refractivity contribution < 1.29 is 13.5 Å². The average Bonchev–Trinajstić information content (AvgIpc) is 2.51. The molecule has 0 spiro atoms. The SMILES string of the molecule is Cc1c(S(=O)(=O)N(C)C(C)CO)c(N)nn1C. The van der Waals surface area contributed by atoms with Gasteiger partial charge in [-0.25, -0.2) is 8.42 Å². The van der Waals surface area contributed by atoms with Crippen LogP contribution in [0.15, 0.2) is 4.90 Å². The van der Waals surface area contributed by atoms with Crippen LogP contribution in [0.1, 0.15) is 12.6 Å². The molecule has 0 aromatic carbocycles. The minimum atomic E-state index is -3.73. The Morgan fingerprint density at radius 1 is 1.59 bits per heavy atom. The monoisotopic (exact) mass is 262 g/mol. The number of rotatable bonds is 4. The van der Waals surface area contributed by atoms with Crippen molar-refractivity contribution in [2.24, 2.45) is 7.05 Å². The van der Waals surface area contributed by atoms with Crippen molar-refractivity contribution in [2.45, 2.75) is 24.8 Å².